The summed E-state index contributed by atoms with van der Waals surface area (Å²) < 4.78 is 5.96. The summed E-state index contributed by atoms with van der Waals surface area (Å²) in [5.74, 6) is 1.73. The van der Waals surface area contributed by atoms with Crippen molar-refractivity contribution in [2.24, 2.45) is 0 Å². The molecular formula is C15H16BrN3O. The van der Waals surface area contributed by atoms with Gasteiger partial charge in [-0.2, -0.15) is 0 Å². The third-order valence-corrected chi connectivity index (χ3v) is 4.20. The van der Waals surface area contributed by atoms with Gasteiger partial charge >= 0.3 is 0 Å². The molecule has 0 bridgehead atoms. The van der Waals surface area contributed by atoms with Crippen molar-refractivity contribution in [3.05, 3.63) is 40.0 Å². The second kappa shape index (κ2) is 5.50. The third kappa shape index (κ3) is 2.69. The first-order valence-electron chi connectivity index (χ1n) is 6.60. The van der Waals surface area contributed by atoms with Crippen LogP contribution in [0.25, 0.3) is 11.4 Å². The molecule has 0 unspecified atom stereocenters. The number of nitrogens with zero attached hydrogens (tertiary/aromatic N) is 2. The first-order chi connectivity index (χ1) is 9.69. The number of hydrogen-bond donors (Lipinski definition) is 1. The number of benzene rings is 1. The number of aromatic nitrogens is 2. The summed E-state index contributed by atoms with van der Waals surface area (Å²) in [4.78, 5) is 9.05. The Morgan fingerprint density at radius 3 is 2.55 bits per heavy atom. The molecule has 1 aromatic carbocycles. The van der Waals surface area contributed by atoms with Crippen LogP contribution in [0.4, 0.5) is 5.82 Å². The van der Waals surface area contributed by atoms with Crippen LogP contribution < -0.4 is 5.73 Å². The highest BCUT2D eigenvalue weighted by Gasteiger charge is 2.29. The number of rotatable bonds is 4. The fourth-order valence-electron chi connectivity index (χ4n) is 2.16. The van der Waals surface area contributed by atoms with Crippen molar-refractivity contribution in [1.29, 1.82) is 0 Å². The SMILES string of the molecule is COCc1ccc(-c2nc(N)c(Br)c(C3CC3)n2)cc1. The van der Waals surface area contributed by atoms with Crippen LogP contribution in [-0.2, 0) is 11.3 Å². The summed E-state index contributed by atoms with van der Waals surface area (Å²) in [5.41, 5.74) is 9.13. The van der Waals surface area contributed by atoms with Crippen molar-refractivity contribution in [3.8, 4) is 11.4 Å². The number of nitrogen functional groups attached to an aromatic ring is 1. The van der Waals surface area contributed by atoms with Crippen molar-refractivity contribution in [2.75, 3.05) is 12.8 Å². The Morgan fingerprint density at radius 1 is 1.25 bits per heavy atom. The van der Waals surface area contributed by atoms with Gasteiger partial charge in [-0.05, 0) is 34.3 Å². The van der Waals surface area contributed by atoms with Gasteiger partial charge in [-0.1, -0.05) is 24.3 Å². The lowest BCUT2D eigenvalue weighted by atomic mass is 10.1. The van der Waals surface area contributed by atoms with E-state index in [1.54, 1.807) is 7.11 Å². The van der Waals surface area contributed by atoms with Crippen LogP contribution in [0.1, 0.15) is 30.0 Å². The van der Waals surface area contributed by atoms with E-state index >= 15 is 0 Å². The number of halogens is 1. The minimum atomic E-state index is 0.512. The molecule has 1 aliphatic carbocycles. The van der Waals surface area contributed by atoms with Gasteiger partial charge in [-0.15, -0.1) is 0 Å². The lowest BCUT2D eigenvalue weighted by Gasteiger charge is -2.09. The summed E-state index contributed by atoms with van der Waals surface area (Å²) in [7, 11) is 1.69. The largest absolute Gasteiger partial charge is 0.383 e. The predicted molar refractivity (Wildman–Crippen MR) is 82.3 cm³/mol. The third-order valence-electron chi connectivity index (χ3n) is 3.39. The van der Waals surface area contributed by atoms with E-state index in [1.165, 1.54) is 12.8 Å². The molecule has 1 aromatic heterocycles. The van der Waals surface area contributed by atoms with Crippen LogP contribution in [0.2, 0.25) is 0 Å². The molecule has 1 heterocycles. The van der Waals surface area contributed by atoms with Crippen molar-refractivity contribution in [1.82, 2.24) is 9.97 Å². The zero-order valence-electron chi connectivity index (χ0n) is 11.3. The maximum absolute atomic E-state index is 5.98. The van der Waals surface area contributed by atoms with Gasteiger partial charge in [-0.3, -0.25) is 0 Å². The lowest BCUT2D eigenvalue weighted by Crippen LogP contribution is -2.02. The van der Waals surface area contributed by atoms with E-state index in [-0.39, 0.29) is 0 Å². The summed E-state index contributed by atoms with van der Waals surface area (Å²) in [6, 6.07) is 8.07. The van der Waals surface area contributed by atoms with Gasteiger partial charge in [0.2, 0.25) is 0 Å². The van der Waals surface area contributed by atoms with E-state index in [9.17, 15) is 0 Å². The van der Waals surface area contributed by atoms with E-state index in [0.29, 0.717) is 24.2 Å². The van der Waals surface area contributed by atoms with Crippen LogP contribution in [0, 0.1) is 0 Å². The van der Waals surface area contributed by atoms with Gasteiger partial charge in [0, 0.05) is 18.6 Å². The Bertz CT molecular complexity index is 624. The van der Waals surface area contributed by atoms with Crippen LogP contribution in [0.15, 0.2) is 28.7 Å². The second-order valence-electron chi connectivity index (χ2n) is 5.04. The Labute approximate surface area is 126 Å². The highest BCUT2D eigenvalue weighted by atomic mass is 79.9. The minimum absolute atomic E-state index is 0.512. The summed E-state index contributed by atoms with van der Waals surface area (Å²) in [6.45, 7) is 0.608. The summed E-state index contributed by atoms with van der Waals surface area (Å²) in [5, 5.41) is 0. The van der Waals surface area contributed by atoms with Crippen molar-refractivity contribution >= 4 is 21.7 Å². The predicted octanol–water partition coefficient (Wildman–Crippen LogP) is 3.51. The molecule has 1 saturated carbocycles. The Kier molecular flexibility index (Phi) is 3.72. The van der Waals surface area contributed by atoms with Gasteiger partial charge < -0.3 is 10.5 Å². The van der Waals surface area contributed by atoms with Crippen molar-refractivity contribution < 1.29 is 4.74 Å². The fraction of sp³-hybridized carbons (Fsp3) is 0.333. The lowest BCUT2D eigenvalue weighted by molar-refractivity contribution is 0.185. The van der Waals surface area contributed by atoms with E-state index in [4.69, 9.17) is 10.5 Å². The zero-order valence-corrected chi connectivity index (χ0v) is 12.9. The van der Waals surface area contributed by atoms with Gasteiger partial charge in [0.15, 0.2) is 5.82 Å². The normalized spacial score (nSPS) is 14.5. The maximum Gasteiger partial charge on any atom is 0.161 e. The van der Waals surface area contributed by atoms with Crippen LogP contribution in [0.3, 0.4) is 0 Å². The Balaban J connectivity index is 1.96. The number of anilines is 1. The summed E-state index contributed by atoms with van der Waals surface area (Å²) >= 11 is 3.49. The van der Waals surface area contributed by atoms with E-state index in [0.717, 1.165) is 21.3 Å². The van der Waals surface area contributed by atoms with E-state index in [2.05, 4.69) is 25.9 Å². The molecule has 0 radical (unpaired) electrons. The second-order valence-corrected chi connectivity index (χ2v) is 5.83. The minimum Gasteiger partial charge on any atom is -0.383 e. The molecule has 2 aromatic rings. The quantitative estimate of drug-likeness (QED) is 0.929. The number of methoxy groups -OCH3 is 1. The topological polar surface area (TPSA) is 61.0 Å². The average Bonchev–Trinajstić information content (AvgIpc) is 3.27. The standard InChI is InChI=1S/C15H16BrN3O/c1-20-8-9-2-4-11(5-3-9)15-18-13(10-6-7-10)12(16)14(17)19-15/h2-5,10H,6-8H2,1H3,(H2,17,18,19). The van der Waals surface area contributed by atoms with Crippen LogP contribution in [-0.4, -0.2) is 17.1 Å². The van der Waals surface area contributed by atoms with Gasteiger partial charge in [0.25, 0.3) is 0 Å². The molecule has 2 N–H and O–H groups in total. The number of hydrogen-bond acceptors (Lipinski definition) is 4. The maximum atomic E-state index is 5.98. The van der Waals surface area contributed by atoms with Gasteiger partial charge in [0.05, 0.1) is 16.8 Å². The first kappa shape index (κ1) is 13.5. The number of ether oxygens (including phenoxy) is 1. The molecule has 0 aliphatic heterocycles. The zero-order chi connectivity index (χ0) is 14.1. The highest BCUT2D eigenvalue weighted by Crippen LogP contribution is 2.43. The Morgan fingerprint density at radius 2 is 1.95 bits per heavy atom. The molecule has 4 nitrogen and oxygen atoms in total. The first-order valence-corrected chi connectivity index (χ1v) is 7.39. The monoisotopic (exact) mass is 333 g/mol. The van der Waals surface area contributed by atoms with E-state index < -0.39 is 0 Å². The molecule has 0 atom stereocenters. The molecular weight excluding hydrogens is 318 g/mol. The molecule has 1 aliphatic rings. The molecule has 5 heteroatoms. The molecule has 20 heavy (non-hydrogen) atoms. The molecule has 1 fully saturated rings. The van der Waals surface area contributed by atoms with Crippen molar-refractivity contribution in [3.63, 3.8) is 0 Å². The number of nitrogens with two attached hydrogens (primary N) is 1. The fourth-order valence-corrected chi connectivity index (χ4v) is 2.66. The smallest absolute Gasteiger partial charge is 0.161 e. The Hall–Kier alpha value is -1.46. The van der Waals surface area contributed by atoms with E-state index in [1.807, 2.05) is 24.3 Å². The van der Waals surface area contributed by atoms with Gasteiger partial charge in [-0.25, -0.2) is 9.97 Å². The van der Waals surface area contributed by atoms with Gasteiger partial charge in [0.1, 0.15) is 5.82 Å². The van der Waals surface area contributed by atoms with Crippen LogP contribution >= 0.6 is 15.9 Å². The van der Waals surface area contributed by atoms with Crippen LogP contribution in [0.5, 0.6) is 0 Å². The molecule has 0 spiro atoms. The molecule has 0 amide bonds. The molecule has 104 valence electrons. The average molecular weight is 334 g/mol. The van der Waals surface area contributed by atoms with Crippen molar-refractivity contribution in [2.45, 2.75) is 25.4 Å². The molecule has 0 saturated heterocycles. The summed E-state index contributed by atoms with van der Waals surface area (Å²) in [6.07, 6.45) is 2.36. The highest BCUT2D eigenvalue weighted by molar-refractivity contribution is 9.10. The molecule has 3 rings (SSSR count).